The molecular weight excluding hydrogens is 276 g/mol. The fourth-order valence-corrected chi connectivity index (χ4v) is 3.43. The van der Waals surface area contributed by atoms with Crippen LogP contribution in [0.5, 0.6) is 0 Å². The molecule has 0 spiro atoms. The smallest absolute Gasteiger partial charge is 0.340 e. The van der Waals surface area contributed by atoms with E-state index in [1.54, 1.807) is 6.92 Å². The summed E-state index contributed by atoms with van der Waals surface area (Å²) in [4.78, 5) is 23.5. The molecule has 1 aliphatic carbocycles. The van der Waals surface area contributed by atoms with Gasteiger partial charge in [0.2, 0.25) is 5.91 Å². The van der Waals surface area contributed by atoms with Crippen molar-refractivity contribution >= 4 is 28.4 Å². The number of aryl methyl sites for hydroxylation is 1. The number of carbonyl (C=O) groups excluding carboxylic acids is 1. The quantitative estimate of drug-likeness (QED) is 0.895. The Labute approximate surface area is 122 Å². The van der Waals surface area contributed by atoms with E-state index in [4.69, 9.17) is 5.11 Å². The summed E-state index contributed by atoms with van der Waals surface area (Å²) in [5, 5.41) is 12.3. The van der Waals surface area contributed by atoms with Crippen molar-refractivity contribution in [2.45, 2.75) is 51.9 Å². The lowest BCUT2D eigenvalue weighted by atomic mass is 9.90. The Morgan fingerprint density at radius 3 is 2.40 bits per heavy atom. The number of carboxylic acids is 1. The first-order valence-electron chi connectivity index (χ1n) is 7.10. The third kappa shape index (κ3) is 3.56. The standard InChI is InChI=1S/C14H20N2O3S/c1-9-11(14(18)19)13(20-16-9)15-12(17)10-7-5-3-2-4-6-8-10/h10H,2-8H2,1H3,(H,15,17)(H,18,19). The molecule has 0 atom stereocenters. The number of hydrogen-bond acceptors (Lipinski definition) is 4. The normalized spacial score (nSPS) is 17.2. The minimum atomic E-state index is -1.04. The van der Waals surface area contributed by atoms with Crippen LogP contribution in [0.1, 0.15) is 61.0 Å². The molecule has 0 saturated heterocycles. The maximum atomic E-state index is 12.3. The summed E-state index contributed by atoms with van der Waals surface area (Å²) in [6.07, 6.45) is 7.56. The highest BCUT2D eigenvalue weighted by atomic mass is 32.1. The summed E-state index contributed by atoms with van der Waals surface area (Å²) in [6, 6.07) is 0. The Morgan fingerprint density at radius 2 is 1.80 bits per heavy atom. The van der Waals surface area contributed by atoms with Crippen molar-refractivity contribution in [2.24, 2.45) is 5.92 Å². The maximum Gasteiger partial charge on any atom is 0.340 e. The van der Waals surface area contributed by atoms with Gasteiger partial charge >= 0.3 is 5.97 Å². The molecule has 2 rings (SSSR count). The average molecular weight is 296 g/mol. The third-order valence-electron chi connectivity index (χ3n) is 3.79. The van der Waals surface area contributed by atoms with Gasteiger partial charge in [0.25, 0.3) is 0 Å². The lowest BCUT2D eigenvalue weighted by molar-refractivity contribution is -0.120. The van der Waals surface area contributed by atoms with E-state index in [0.717, 1.165) is 37.2 Å². The molecule has 5 nitrogen and oxygen atoms in total. The van der Waals surface area contributed by atoms with Gasteiger partial charge in [0.1, 0.15) is 10.6 Å². The van der Waals surface area contributed by atoms with Gasteiger partial charge in [-0.2, -0.15) is 4.37 Å². The van der Waals surface area contributed by atoms with Gasteiger partial charge in [-0.1, -0.05) is 32.1 Å². The summed E-state index contributed by atoms with van der Waals surface area (Å²) in [5.74, 6) is -1.10. The van der Waals surface area contributed by atoms with Gasteiger partial charge in [0.15, 0.2) is 0 Å². The van der Waals surface area contributed by atoms with Crippen molar-refractivity contribution in [1.29, 1.82) is 0 Å². The maximum absolute atomic E-state index is 12.3. The highest BCUT2D eigenvalue weighted by Crippen LogP contribution is 2.28. The number of anilines is 1. The van der Waals surface area contributed by atoms with Gasteiger partial charge in [-0.05, 0) is 31.3 Å². The van der Waals surface area contributed by atoms with E-state index in [0.29, 0.717) is 10.7 Å². The number of rotatable bonds is 3. The van der Waals surface area contributed by atoms with Crippen molar-refractivity contribution < 1.29 is 14.7 Å². The largest absolute Gasteiger partial charge is 0.478 e. The molecule has 0 radical (unpaired) electrons. The van der Waals surface area contributed by atoms with Crippen LogP contribution in [0.2, 0.25) is 0 Å². The predicted molar refractivity (Wildman–Crippen MR) is 78.2 cm³/mol. The number of nitrogens with one attached hydrogen (secondary N) is 1. The molecule has 110 valence electrons. The van der Waals surface area contributed by atoms with Crippen LogP contribution >= 0.6 is 11.5 Å². The summed E-state index contributed by atoms with van der Waals surface area (Å²) in [6.45, 7) is 1.64. The monoisotopic (exact) mass is 296 g/mol. The molecule has 1 aromatic heterocycles. The van der Waals surface area contributed by atoms with Crippen LogP contribution in [0.15, 0.2) is 0 Å². The second-order valence-corrected chi connectivity index (χ2v) is 6.08. The summed E-state index contributed by atoms with van der Waals surface area (Å²) >= 11 is 1.04. The van der Waals surface area contributed by atoms with Crippen molar-refractivity contribution in [2.75, 3.05) is 5.32 Å². The van der Waals surface area contributed by atoms with E-state index in [1.165, 1.54) is 19.3 Å². The molecule has 1 aliphatic rings. The molecule has 1 fully saturated rings. The molecular formula is C14H20N2O3S. The lowest BCUT2D eigenvalue weighted by Crippen LogP contribution is -2.24. The molecule has 0 aromatic carbocycles. The summed E-state index contributed by atoms with van der Waals surface area (Å²) in [5.41, 5.74) is 0.574. The van der Waals surface area contributed by atoms with Gasteiger partial charge in [-0.25, -0.2) is 4.79 Å². The Balaban J connectivity index is 2.05. The van der Waals surface area contributed by atoms with Gasteiger partial charge in [-0.3, -0.25) is 4.79 Å². The van der Waals surface area contributed by atoms with E-state index < -0.39 is 5.97 Å². The zero-order valence-electron chi connectivity index (χ0n) is 11.6. The van der Waals surface area contributed by atoms with Crippen LogP contribution in [0.4, 0.5) is 5.00 Å². The minimum absolute atomic E-state index is 0.000601. The zero-order chi connectivity index (χ0) is 14.5. The first-order chi connectivity index (χ1) is 9.59. The number of amides is 1. The Kier molecular flexibility index (Phi) is 5.11. The van der Waals surface area contributed by atoms with Crippen molar-refractivity contribution in [3.8, 4) is 0 Å². The van der Waals surface area contributed by atoms with E-state index in [-0.39, 0.29) is 17.4 Å². The van der Waals surface area contributed by atoms with Gasteiger partial charge in [0, 0.05) is 5.92 Å². The second kappa shape index (κ2) is 6.83. The van der Waals surface area contributed by atoms with Crippen LogP contribution in [0.25, 0.3) is 0 Å². The van der Waals surface area contributed by atoms with E-state index >= 15 is 0 Å². The number of carbonyl (C=O) groups is 2. The van der Waals surface area contributed by atoms with Crippen LogP contribution in [-0.4, -0.2) is 21.4 Å². The average Bonchev–Trinajstić information content (AvgIpc) is 2.69. The lowest BCUT2D eigenvalue weighted by Gasteiger charge is -2.18. The van der Waals surface area contributed by atoms with Gasteiger partial charge in [-0.15, -0.1) is 0 Å². The number of nitrogens with zero attached hydrogens (tertiary/aromatic N) is 1. The third-order valence-corrected chi connectivity index (χ3v) is 4.64. The highest BCUT2D eigenvalue weighted by molar-refractivity contribution is 7.11. The molecule has 1 amide bonds. The summed E-state index contributed by atoms with van der Waals surface area (Å²) in [7, 11) is 0. The fraction of sp³-hybridized carbons (Fsp3) is 0.643. The van der Waals surface area contributed by atoms with E-state index in [9.17, 15) is 9.59 Å². The topological polar surface area (TPSA) is 79.3 Å². The molecule has 0 unspecified atom stereocenters. The second-order valence-electron chi connectivity index (χ2n) is 5.31. The van der Waals surface area contributed by atoms with E-state index in [1.807, 2.05) is 0 Å². The van der Waals surface area contributed by atoms with Gasteiger partial charge < -0.3 is 10.4 Å². The first-order valence-corrected chi connectivity index (χ1v) is 7.87. The Morgan fingerprint density at radius 1 is 1.20 bits per heavy atom. The Bertz CT molecular complexity index is 491. The molecule has 0 aliphatic heterocycles. The fourth-order valence-electron chi connectivity index (χ4n) is 2.64. The van der Waals surface area contributed by atoms with Crippen molar-refractivity contribution in [3.05, 3.63) is 11.3 Å². The van der Waals surface area contributed by atoms with Crippen LogP contribution in [0, 0.1) is 12.8 Å². The predicted octanol–water partition coefficient (Wildman–Crippen LogP) is 3.45. The molecule has 0 bridgehead atoms. The zero-order valence-corrected chi connectivity index (χ0v) is 12.5. The number of aromatic nitrogens is 1. The van der Waals surface area contributed by atoms with E-state index in [2.05, 4.69) is 9.69 Å². The molecule has 2 N–H and O–H groups in total. The Hall–Kier alpha value is -1.43. The van der Waals surface area contributed by atoms with Gasteiger partial charge in [0.05, 0.1) is 5.69 Å². The molecule has 1 heterocycles. The minimum Gasteiger partial charge on any atom is -0.478 e. The first kappa shape index (κ1) is 15.0. The number of carboxylic acid groups (broad SMARTS) is 1. The van der Waals surface area contributed by atoms with Crippen LogP contribution in [-0.2, 0) is 4.79 Å². The SMILES string of the molecule is Cc1nsc(NC(=O)C2CCCCCCC2)c1C(=O)O. The highest BCUT2D eigenvalue weighted by Gasteiger charge is 2.24. The summed E-state index contributed by atoms with van der Waals surface area (Å²) < 4.78 is 4.02. The van der Waals surface area contributed by atoms with Crippen LogP contribution < -0.4 is 5.32 Å². The number of hydrogen-bond donors (Lipinski definition) is 2. The van der Waals surface area contributed by atoms with Crippen molar-refractivity contribution in [3.63, 3.8) is 0 Å². The van der Waals surface area contributed by atoms with Crippen molar-refractivity contribution in [1.82, 2.24) is 4.37 Å². The molecule has 20 heavy (non-hydrogen) atoms. The van der Waals surface area contributed by atoms with Crippen LogP contribution in [0.3, 0.4) is 0 Å². The molecule has 1 aromatic rings. The molecule has 6 heteroatoms. The molecule has 1 saturated carbocycles. The number of aromatic carboxylic acids is 1.